The number of anilines is 1. The van der Waals surface area contributed by atoms with Gasteiger partial charge in [-0.2, -0.15) is 5.10 Å². The lowest BCUT2D eigenvalue weighted by atomic mass is 10.1. The lowest BCUT2D eigenvalue weighted by Gasteiger charge is -2.21. The normalized spacial score (nSPS) is 17.6. The first kappa shape index (κ1) is 11.6. The lowest BCUT2D eigenvalue weighted by molar-refractivity contribution is 0.0977. The van der Waals surface area contributed by atoms with E-state index in [-0.39, 0.29) is 11.9 Å². The van der Waals surface area contributed by atoms with Crippen LogP contribution in [0.25, 0.3) is 4.96 Å². The quantitative estimate of drug-likeness (QED) is 0.689. The third-order valence-electron chi connectivity index (χ3n) is 3.63. The summed E-state index contributed by atoms with van der Waals surface area (Å²) in [4.78, 5) is 19.6. The maximum absolute atomic E-state index is 12.7. The molecule has 1 amide bonds. The molecule has 0 N–H and O–H groups in total. The van der Waals surface area contributed by atoms with Gasteiger partial charge in [0.15, 0.2) is 0 Å². The van der Waals surface area contributed by atoms with Gasteiger partial charge in [-0.05, 0) is 25.0 Å². The molecule has 0 fully saturated rings. The summed E-state index contributed by atoms with van der Waals surface area (Å²) in [7, 11) is 0. The first-order valence-corrected chi connectivity index (χ1v) is 7.32. The second-order valence-electron chi connectivity index (χ2n) is 4.95. The Labute approximate surface area is 119 Å². The van der Waals surface area contributed by atoms with Crippen molar-refractivity contribution < 1.29 is 4.79 Å². The summed E-state index contributed by atoms with van der Waals surface area (Å²) in [6.07, 6.45) is 2.59. The molecule has 5 nitrogen and oxygen atoms in total. The molecule has 1 aliphatic heterocycles. The summed E-state index contributed by atoms with van der Waals surface area (Å²) in [5.74, 6) is -0.0554. The molecule has 1 unspecified atom stereocenters. The van der Waals surface area contributed by atoms with E-state index in [2.05, 4.69) is 23.1 Å². The zero-order chi connectivity index (χ0) is 13.7. The minimum Gasteiger partial charge on any atom is -0.304 e. The van der Waals surface area contributed by atoms with Gasteiger partial charge in [-0.3, -0.25) is 4.79 Å². The molecule has 0 saturated heterocycles. The van der Waals surface area contributed by atoms with Gasteiger partial charge in [0.05, 0.1) is 6.20 Å². The Morgan fingerprint density at radius 2 is 2.25 bits per heavy atom. The van der Waals surface area contributed by atoms with Crippen molar-refractivity contribution in [3.8, 4) is 0 Å². The number of carbonyl (C=O) groups is 1. The second kappa shape index (κ2) is 4.14. The van der Waals surface area contributed by atoms with Gasteiger partial charge >= 0.3 is 0 Å². The Bertz CT molecular complexity index is 778. The molecular weight excluding hydrogens is 272 g/mol. The van der Waals surface area contributed by atoms with E-state index in [1.807, 2.05) is 23.1 Å². The second-order valence-corrected chi connectivity index (χ2v) is 5.76. The maximum Gasteiger partial charge on any atom is 0.278 e. The van der Waals surface area contributed by atoms with Crippen LogP contribution in [0.3, 0.4) is 0 Å². The smallest absolute Gasteiger partial charge is 0.278 e. The molecular formula is C14H12N4OS. The highest BCUT2D eigenvalue weighted by Gasteiger charge is 2.32. The van der Waals surface area contributed by atoms with E-state index < -0.39 is 0 Å². The highest BCUT2D eigenvalue weighted by atomic mass is 32.1. The fraction of sp³-hybridized carbons (Fsp3) is 0.214. The van der Waals surface area contributed by atoms with Crippen molar-refractivity contribution in [3.63, 3.8) is 0 Å². The van der Waals surface area contributed by atoms with Crippen molar-refractivity contribution in [2.45, 2.75) is 19.4 Å². The van der Waals surface area contributed by atoms with Gasteiger partial charge in [-0.1, -0.05) is 29.5 Å². The monoisotopic (exact) mass is 284 g/mol. The molecule has 1 aromatic carbocycles. The van der Waals surface area contributed by atoms with Gasteiger partial charge in [0, 0.05) is 11.7 Å². The number of imidazole rings is 1. The van der Waals surface area contributed by atoms with Crippen LogP contribution in [-0.4, -0.2) is 26.5 Å². The third kappa shape index (κ3) is 1.58. The van der Waals surface area contributed by atoms with Crippen LogP contribution in [0.4, 0.5) is 5.69 Å². The van der Waals surface area contributed by atoms with Crippen molar-refractivity contribution in [3.05, 3.63) is 47.2 Å². The number of fused-ring (bicyclic) bond motifs is 2. The summed E-state index contributed by atoms with van der Waals surface area (Å²) in [5.41, 5.74) is 4.37. The molecule has 1 atom stereocenters. The number of benzene rings is 1. The Morgan fingerprint density at radius 3 is 3.10 bits per heavy atom. The Morgan fingerprint density at radius 1 is 1.40 bits per heavy atom. The summed E-state index contributed by atoms with van der Waals surface area (Å²) >= 11 is 1.42. The van der Waals surface area contributed by atoms with E-state index in [4.69, 9.17) is 0 Å². The van der Waals surface area contributed by atoms with Crippen molar-refractivity contribution in [1.82, 2.24) is 14.6 Å². The predicted molar refractivity (Wildman–Crippen MR) is 77.3 cm³/mol. The molecule has 20 heavy (non-hydrogen) atoms. The summed E-state index contributed by atoms with van der Waals surface area (Å²) in [6, 6.07) is 8.20. The molecule has 0 saturated carbocycles. The molecule has 100 valence electrons. The third-order valence-corrected chi connectivity index (χ3v) is 4.32. The van der Waals surface area contributed by atoms with Gasteiger partial charge < -0.3 is 4.90 Å². The van der Waals surface area contributed by atoms with Gasteiger partial charge in [0.1, 0.15) is 11.2 Å². The SMILES string of the molecule is CC1Cc2ccccc2N1C(=O)c1cn2ncsc2n1. The predicted octanol–water partition coefficient (Wildman–Crippen LogP) is 2.38. The van der Waals surface area contributed by atoms with E-state index in [1.54, 1.807) is 16.2 Å². The fourth-order valence-corrected chi connectivity index (χ4v) is 3.34. The van der Waals surface area contributed by atoms with Crippen molar-refractivity contribution in [2.75, 3.05) is 4.90 Å². The lowest BCUT2D eigenvalue weighted by Crippen LogP contribution is -2.35. The number of aromatic nitrogens is 3. The van der Waals surface area contributed by atoms with Crippen molar-refractivity contribution >= 4 is 27.9 Å². The highest BCUT2D eigenvalue weighted by Crippen LogP contribution is 2.32. The van der Waals surface area contributed by atoms with Gasteiger partial charge in [-0.15, -0.1) is 0 Å². The Hall–Kier alpha value is -2.21. The average Bonchev–Trinajstić information content (AvgIpc) is 3.08. The van der Waals surface area contributed by atoms with E-state index in [1.165, 1.54) is 16.9 Å². The van der Waals surface area contributed by atoms with Gasteiger partial charge in [0.25, 0.3) is 5.91 Å². The molecule has 6 heteroatoms. The number of nitrogens with zero attached hydrogens (tertiary/aromatic N) is 4. The molecule has 0 aliphatic carbocycles. The van der Waals surface area contributed by atoms with Crippen LogP contribution in [0.15, 0.2) is 36.0 Å². The molecule has 0 bridgehead atoms. The van der Waals surface area contributed by atoms with Crippen LogP contribution in [-0.2, 0) is 6.42 Å². The number of hydrogen-bond donors (Lipinski definition) is 0. The number of para-hydroxylation sites is 1. The molecule has 3 aromatic rings. The number of amides is 1. The molecule has 0 radical (unpaired) electrons. The van der Waals surface area contributed by atoms with E-state index in [0.717, 1.165) is 17.1 Å². The Balaban J connectivity index is 1.77. The van der Waals surface area contributed by atoms with Crippen LogP contribution >= 0.6 is 11.3 Å². The Kier molecular flexibility index (Phi) is 2.40. The zero-order valence-corrected chi connectivity index (χ0v) is 11.7. The zero-order valence-electron chi connectivity index (χ0n) is 10.9. The molecule has 4 rings (SSSR count). The van der Waals surface area contributed by atoms with Crippen LogP contribution in [0.1, 0.15) is 23.0 Å². The average molecular weight is 284 g/mol. The maximum atomic E-state index is 12.7. The minimum absolute atomic E-state index is 0.0554. The number of hydrogen-bond acceptors (Lipinski definition) is 4. The van der Waals surface area contributed by atoms with Crippen LogP contribution in [0.2, 0.25) is 0 Å². The summed E-state index contributed by atoms with van der Waals surface area (Å²) in [5, 5.41) is 4.11. The topological polar surface area (TPSA) is 50.5 Å². The van der Waals surface area contributed by atoms with Crippen LogP contribution in [0, 0.1) is 0 Å². The van der Waals surface area contributed by atoms with E-state index in [9.17, 15) is 4.79 Å². The fourth-order valence-electron chi connectivity index (χ4n) is 2.74. The first-order valence-electron chi connectivity index (χ1n) is 6.44. The largest absolute Gasteiger partial charge is 0.304 e. The number of carbonyl (C=O) groups excluding carboxylic acids is 1. The minimum atomic E-state index is -0.0554. The first-order chi connectivity index (χ1) is 9.74. The van der Waals surface area contributed by atoms with Crippen LogP contribution in [0.5, 0.6) is 0 Å². The molecule has 0 spiro atoms. The summed E-state index contributed by atoms with van der Waals surface area (Å²) in [6.45, 7) is 2.06. The van der Waals surface area contributed by atoms with E-state index in [0.29, 0.717) is 5.69 Å². The van der Waals surface area contributed by atoms with Crippen molar-refractivity contribution in [1.29, 1.82) is 0 Å². The van der Waals surface area contributed by atoms with Crippen molar-refractivity contribution in [2.24, 2.45) is 0 Å². The van der Waals surface area contributed by atoms with Crippen LogP contribution < -0.4 is 4.90 Å². The molecule has 3 heterocycles. The van der Waals surface area contributed by atoms with Gasteiger partial charge in [0.2, 0.25) is 4.96 Å². The molecule has 2 aromatic heterocycles. The van der Waals surface area contributed by atoms with E-state index >= 15 is 0 Å². The highest BCUT2D eigenvalue weighted by molar-refractivity contribution is 7.14. The number of rotatable bonds is 1. The van der Waals surface area contributed by atoms with Gasteiger partial charge in [-0.25, -0.2) is 9.50 Å². The molecule has 1 aliphatic rings. The standard InChI is InChI=1S/C14H12N4OS/c1-9-6-10-4-2-3-5-12(10)18(9)13(19)11-7-17-14(16-11)20-8-15-17/h2-5,7-9H,6H2,1H3. The summed E-state index contributed by atoms with van der Waals surface area (Å²) < 4.78 is 1.64.